The highest BCUT2D eigenvalue weighted by molar-refractivity contribution is 5.74. The highest BCUT2D eigenvalue weighted by atomic mass is 19.1. The van der Waals surface area contributed by atoms with Crippen molar-refractivity contribution in [3.05, 3.63) is 59.7 Å². The van der Waals surface area contributed by atoms with E-state index in [1.807, 2.05) is 6.07 Å². The van der Waals surface area contributed by atoms with E-state index in [-0.39, 0.29) is 12.3 Å². The summed E-state index contributed by atoms with van der Waals surface area (Å²) in [6, 6.07) is 9.34. The molecule has 0 aliphatic rings. The second-order valence-corrected chi connectivity index (χ2v) is 5.00. The molecule has 2 heterocycles. The monoisotopic (exact) mass is 322 g/mol. The number of hydrogen-bond donors (Lipinski definition) is 1. The number of aromatic nitrogens is 3. The summed E-state index contributed by atoms with van der Waals surface area (Å²) in [4.78, 5) is 14.7. The van der Waals surface area contributed by atoms with Crippen LogP contribution in [0, 0.1) is 17.1 Å². The van der Waals surface area contributed by atoms with Gasteiger partial charge in [0.1, 0.15) is 5.82 Å². The standard InChI is InChI=1S/C17H11FN4O2/c18-15-7-13(3-2-12(15)5-6-19)14-9-21-22(17(14)24)16-4-1-11(10-23)8-20-16/h1-4,7-10,24H,5H2. The molecule has 0 fully saturated rings. The molecule has 0 atom stereocenters. The van der Waals surface area contributed by atoms with E-state index in [0.29, 0.717) is 34.4 Å². The molecule has 0 unspecified atom stereocenters. The highest BCUT2D eigenvalue weighted by Crippen LogP contribution is 2.31. The van der Waals surface area contributed by atoms with Crippen molar-refractivity contribution in [2.75, 3.05) is 0 Å². The zero-order valence-electron chi connectivity index (χ0n) is 12.3. The number of pyridine rings is 1. The molecule has 6 nitrogen and oxygen atoms in total. The molecule has 0 bridgehead atoms. The molecule has 7 heteroatoms. The molecule has 2 aromatic heterocycles. The Bertz CT molecular complexity index is 942. The molecule has 1 aromatic carbocycles. The van der Waals surface area contributed by atoms with E-state index in [0.717, 1.165) is 0 Å². The van der Waals surface area contributed by atoms with Gasteiger partial charge in [-0.25, -0.2) is 9.37 Å². The number of nitrogens with zero attached hydrogens (tertiary/aromatic N) is 4. The van der Waals surface area contributed by atoms with E-state index in [9.17, 15) is 14.3 Å². The van der Waals surface area contributed by atoms with Gasteiger partial charge >= 0.3 is 0 Å². The third kappa shape index (κ3) is 2.73. The summed E-state index contributed by atoms with van der Waals surface area (Å²) in [6.07, 6.45) is 3.39. The van der Waals surface area contributed by atoms with Gasteiger partial charge in [-0.2, -0.15) is 15.0 Å². The Morgan fingerprint density at radius 1 is 1.29 bits per heavy atom. The van der Waals surface area contributed by atoms with Crippen molar-refractivity contribution in [1.82, 2.24) is 14.8 Å². The number of benzene rings is 1. The minimum Gasteiger partial charge on any atom is -0.493 e. The molecule has 3 rings (SSSR count). The predicted octanol–water partition coefficient (Wildman–Crippen LogP) is 2.66. The molecule has 0 radical (unpaired) electrons. The number of aldehydes is 1. The molecular weight excluding hydrogens is 311 g/mol. The van der Waals surface area contributed by atoms with Crippen LogP contribution in [0.3, 0.4) is 0 Å². The Labute approximate surface area is 136 Å². The van der Waals surface area contributed by atoms with Crippen LogP contribution in [0.2, 0.25) is 0 Å². The van der Waals surface area contributed by atoms with Crippen molar-refractivity contribution in [2.24, 2.45) is 0 Å². The first-order chi connectivity index (χ1) is 11.6. The van der Waals surface area contributed by atoms with E-state index in [2.05, 4.69) is 10.1 Å². The average Bonchev–Trinajstić information content (AvgIpc) is 2.98. The molecule has 0 amide bonds. The zero-order valence-corrected chi connectivity index (χ0v) is 12.3. The number of hydrogen-bond acceptors (Lipinski definition) is 5. The fourth-order valence-corrected chi connectivity index (χ4v) is 2.25. The van der Waals surface area contributed by atoms with Crippen LogP contribution in [0.1, 0.15) is 15.9 Å². The quantitative estimate of drug-likeness (QED) is 0.746. The Hall–Kier alpha value is -3.53. The summed E-state index contributed by atoms with van der Waals surface area (Å²) in [5.74, 6) is -0.394. The van der Waals surface area contributed by atoms with Crippen LogP contribution in [-0.4, -0.2) is 26.2 Å². The molecule has 0 aliphatic heterocycles. The lowest BCUT2D eigenvalue weighted by molar-refractivity contribution is 0.112. The van der Waals surface area contributed by atoms with E-state index in [1.165, 1.54) is 35.3 Å². The van der Waals surface area contributed by atoms with Crippen LogP contribution in [0.5, 0.6) is 5.88 Å². The van der Waals surface area contributed by atoms with Gasteiger partial charge in [0, 0.05) is 17.3 Å². The van der Waals surface area contributed by atoms with Gasteiger partial charge < -0.3 is 5.11 Å². The van der Waals surface area contributed by atoms with Crippen molar-refractivity contribution >= 4 is 6.29 Å². The van der Waals surface area contributed by atoms with Gasteiger partial charge in [-0.15, -0.1) is 0 Å². The van der Waals surface area contributed by atoms with Crippen LogP contribution in [0.4, 0.5) is 4.39 Å². The Balaban J connectivity index is 1.99. The largest absolute Gasteiger partial charge is 0.493 e. The first kappa shape index (κ1) is 15.4. The second kappa shape index (κ2) is 6.30. The minimum atomic E-state index is -0.519. The van der Waals surface area contributed by atoms with Crippen LogP contribution in [0.15, 0.2) is 42.7 Å². The number of aromatic hydroxyl groups is 1. The molecule has 1 N–H and O–H groups in total. The highest BCUT2D eigenvalue weighted by Gasteiger charge is 2.15. The Kier molecular flexibility index (Phi) is 4.03. The van der Waals surface area contributed by atoms with Gasteiger partial charge in [0.2, 0.25) is 5.88 Å². The fraction of sp³-hybridized carbons (Fsp3) is 0.0588. The fourth-order valence-electron chi connectivity index (χ4n) is 2.25. The van der Waals surface area contributed by atoms with Crippen LogP contribution < -0.4 is 0 Å². The van der Waals surface area contributed by atoms with E-state index < -0.39 is 5.82 Å². The SMILES string of the molecule is N#CCc1ccc(-c2cnn(-c3ccc(C=O)cn3)c2O)cc1F. The van der Waals surface area contributed by atoms with Gasteiger partial charge in [0.25, 0.3) is 0 Å². The summed E-state index contributed by atoms with van der Waals surface area (Å²) in [6.45, 7) is 0. The van der Waals surface area contributed by atoms with E-state index >= 15 is 0 Å². The second-order valence-electron chi connectivity index (χ2n) is 5.00. The number of carbonyl (C=O) groups excluding carboxylic acids is 1. The minimum absolute atomic E-state index is 0.0235. The van der Waals surface area contributed by atoms with Crippen LogP contribution in [0.25, 0.3) is 16.9 Å². The Morgan fingerprint density at radius 3 is 2.75 bits per heavy atom. The lowest BCUT2D eigenvalue weighted by atomic mass is 10.0. The lowest BCUT2D eigenvalue weighted by Crippen LogP contribution is -1.99. The topological polar surface area (TPSA) is 91.8 Å². The maximum atomic E-state index is 14.0. The van der Waals surface area contributed by atoms with Crippen molar-refractivity contribution in [2.45, 2.75) is 6.42 Å². The first-order valence-electron chi connectivity index (χ1n) is 6.98. The maximum absolute atomic E-state index is 14.0. The predicted molar refractivity (Wildman–Crippen MR) is 83.1 cm³/mol. The summed E-state index contributed by atoms with van der Waals surface area (Å²) < 4.78 is 15.1. The number of carbonyl (C=O) groups is 1. The smallest absolute Gasteiger partial charge is 0.223 e. The number of halogens is 1. The van der Waals surface area contributed by atoms with Crippen molar-refractivity contribution in [3.63, 3.8) is 0 Å². The van der Waals surface area contributed by atoms with E-state index in [1.54, 1.807) is 12.1 Å². The summed E-state index contributed by atoms with van der Waals surface area (Å²) in [5.41, 5.74) is 1.46. The molecule has 118 valence electrons. The summed E-state index contributed by atoms with van der Waals surface area (Å²) in [7, 11) is 0. The lowest BCUT2D eigenvalue weighted by Gasteiger charge is -2.05. The number of nitriles is 1. The Morgan fingerprint density at radius 2 is 2.12 bits per heavy atom. The number of rotatable bonds is 4. The maximum Gasteiger partial charge on any atom is 0.223 e. The van der Waals surface area contributed by atoms with Gasteiger partial charge in [-0.3, -0.25) is 4.79 Å². The van der Waals surface area contributed by atoms with E-state index in [4.69, 9.17) is 5.26 Å². The normalized spacial score (nSPS) is 10.3. The van der Waals surface area contributed by atoms with Gasteiger partial charge in [0.15, 0.2) is 12.1 Å². The molecule has 3 aromatic rings. The molecule has 0 aliphatic carbocycles. The van der Waals surface area contributed by atoms with Crippen LogP contribution >= 0.6 is 0 Å². The molecule has 24 heavy (non-hydrogen) atoms. The van der Waals surface area contributed by atoms with Crippen molar-refractivity contribution in [3.8, 4) is 28.9 Å². The van der Waals surface area contributed by atoms with Gasteiger partial charge in [0.05, 0.1) is 24.3 Å². The van der Waals surface area contributed by atoms with Crippen molar-refractivity contribution < 1.29 is 14.3 Å². The first-order valence-corrected chi connectivity index (χ1v) is 6.98. The summed E-state index contributed by atoms with van der Waals surface area (Å²) >= 11 is 0. The molecule has 0 saturated heterocycles. The molecule has 0 spiro atoms. The van der Waals surface area contributed by atoms with Crippen LogP contribution in [-0.2, 0) is 6.42 Å². The molecule has 0 saturated carbocycles. The van der Waals surface area contributed by atoms with Crippen molar-refractivity contribution in [1.29, 1.82) is 5.26 Å². The zero-order chi connectivity index (χ0) is 17.1. The summed E-state index contributed by atoms with van der Waals surface area (Å²) in [5, 5.41) is 23.0. The van der Waals surface area contributed by atoms with Gasteiger partial charge in [-0.1, -0.05) is 12.1 Å². The van der Waals surface area contributed by atoms with Gasteiger partial charge in [-0.05, 0) is 23.8 Å². The third-order valence-corrected chi connectivity index (χ3v) is 3.50. The molecular formula is C17H11FN4O2. The third-order valence-electron chi connectivity index (χ3n) is 3.50. The average molecular weight is 322 g/mol.